The van der Waals surface area contributed by atoms with Crippen LogP contribution in [0.15, 0.2) is 12.4 Å². The molecule has 1 aliphatic carbocycles. The van der Waals surface area contributed by atoms with Crippen molar-refractivity contribution in [3.8, 4) is 0 Å². The second-order valence-corrected chi connectivity index (χ2v) is 6.64. The lowest BCUT2D eigenvalue weighted by Crippen LogP contribution is -2.24. The third kappa shape index (κ3) is 2.85. The largest absolute Gasteiger partial charge is 0.481 e. The minimum absolute atomic E-state index is 0.191. The minimum atomic E-state index is -0.670. The Kier molecular flexibility index (Phi) is 4.05. The molecule has 0 radical (unpaired) electrons. The molecule has 0 aliphatic heterocycles. The van der Waals surface area contributed by atoms with Gasteiger partial charge in [-0.2, -0.15) is 0 Å². The summed E-state index contributed by atoms with van der Waals surface area (Å²) in [6.45, 7) is 2.79. The monoisotopic (exact) mass is 305 g/mol. The predicted octanol–water partition coefficient (Wildman–Crippen LogP) is 3.17. The van der Waals surface area contributed by atoms with Crippen LogP contribution in [0.25, 0.3) is 10.2 Å². The van der Waals surface area contributed by atoms with Crippen molar-refractivity contribution in [2.75, 3.05) is 11.9 Å². The molecule has 2 aromatic rings. The van der Waals surface area contributed by atoms with Gasteiger partial charge in [-0.05, 0) is 31.2 Å². The SMILES string of the molecule is CCc1cc2c(NCC3CCCC3C(=O)O)ncnc2s1. The van der Waals surface area contributed by atoms with Gasteiger partial charge in [-0.15, -0.1) is 11.3 Å². The highest BCUT2D eigenvalue weighted by atomic mass is 32.1. The summed E-state index contributed by atoms with van der Waals surface area (Å²) >= 11 is 1.69. The highest BCUT2D eigenvalue weighted by Crippen LogP contribution is 2.33. The van der Waals surface area contributed by atoms with Crippen molar-refractivity contribution in [2.24, 2.45) is 11.8 Å². The van der Waals surface area contributed by atoms with E-state index in [2.05, 4.69) is 28.3 Å². The number of anilines is 1. The maximum absolute atomic E-state index is 11.2. The molecule has 0 amide bonds. The first-order valence-corrected chi connectivity index (χ1v) is 8.20. The normalized spacial score (nSPS) is 21.8. The predicted molar refractivity (Wildman–Crippen MR) is 83.7 cm³/mol. The zero-order valence-electron chi connectivity index (χ0n) is 12.0. The highest BCUT2D eigenvalue weighted by molar-refractivity contribution is 7.18. The van der Waals surface area contributed by atoms with Crippen LogP contribution in [-0.4, -0.2) is 27.6 Å². The Morgan fingerprint density at radius 1 is 1.48 bits per heavy atom. The third-order valence-corrected chi connectivity index (χ3v) is 5.42. The number of carbonyl (C=O) groups is 1. The maximum Gasteiger partial charge on any atom is 0.306 e. The molecule has 2 aromatic heterocycles. The summed E-state index contributed by atoms with van der Waals surface area (Å²) in [4.78, 5) is 22.1. The van der Waals surface area contributed by atoms with Crippen LogP contribution in [0.2, 0.25) is 0 Å². The Morgan fingerprint density at radius 3 is 3.10 bits per heavy atom. The van der Waals surface area contributed by atoms with Crippen LogP contribution in [0.5, 0.6) is 0 Å². The molecule has 21 heavy (non-hydrogen) atoms. The van der Waals surface area contributed by atoms with E-state index < -0.39 is 5.97 Å². The Hall–Kier alpha value is -1.69. The fraction of sp³-hybridized carbons (Fsp3) is 0.533. The molecule has 0 aromatic carbocycles. The number of fused-ring (bicyclic) bond motifs is 1. The van der Waals surface area contributed by atoms with Crippen molar-refractivity contribution in [1.29, 1.82) is 0 Å². The fourth-order valence-corrected chi connectivity index (χ4v) is 3.99. The van der Waals surface area contributed by atoms with E-state index >= 15 is 0 Å². The van der Waals surface area contributed by atoms with Gasteiger partial charge in [0.15, 0.2) is 0 Å². The molecule has 5 nitrogen and oxygen atoms in total. The van der Waals surface area contributed by atoms with E-state index in [1.165, 1.54) is 4.88 Å². The van der Waals surface area contributed by atoms with E-state index in [1.54, 1.807) is 17.7 Å². The number of carboxylic acids is 1. The van der Waals surface area contributed by atoms with Gasteiger partial charge >= 0.3 is 5.97 Å². The van der Waals surface area contributed by atoms with Crippen LogP contribution in [-0.2, 0) is 11.2 Å². The van der Waals surface area contributed by atoms with Gasteiger partial charge in [0.25, 0.3) is 0 Å². The van der Waals surface area contributed by atoms with Gasteiger partial charge in [0, 0.05) is 11.4 Å². The van der Waals surface area contributed by atoms with Crippen molar-refractivity contribution >= 4 is 33.3 Å². The van der Waals surface area contributed by atoms with Crippen molar-refractivity contribution in [3.05, 3.63) is 17.3 Å². The summed E-state index contributed by atoms with van der Waals surface area (Å²) in [6.07, 6.45) is 5.33. The summed E-state index contributed by atoms with van der Waals surface area (Å²) in [7, 11) is 0. The van der Waals surface area contributed by atoms with E-state index in [0.29, 0.717) is 6.54 Å². The Bertz CT molecular complexity index is 655. The number of hydrogen-bond acceptors (Lipinski definition) is 5. The number of carboxylic acid groups (broad SMARTS) is 1. The molecule has 2 unspecified atom stereocenters. The lowest BCUT2D eigenvalue weighted by molar-refractivity contribution is -0.142. The molecular formula is C15H19N3O2S. The van der Waals surface area contributed by atoms with Crippen molar-refractivity contribution < 1.29 is 9.90 Å². The van der Waals surface area contributed by atoms with Gasteiger partial charge in [0.05, 0.1) is 11.3 Å². The quantitative estimate of drug-likeness (QED) is 0.887. The highest BCUT2D eigenvalue weighted by Gasteiger charge is 2.32. The number of hydrogen-bond donors (Lipinski definition) is 2. The first-order valence-electron chi connectivity index (χ1n) is 7.39. The molecule has 2 atom stereocenters. The fourth-order valence-electron chi connectivity index (χ4n) is 3.05. The summed E-state index contributed by atoms with van der Waals surface area (Å²) in [5.74, 6) is 0.128. The molecule has 1 saturated carbocycles. The molecule has 0 bridgehead atoms. The number of aromatic nitrogens is 2. The summed E-state index contributed by atoms with van der Waals surface area (Å²) in [5.41, 5.74) is 0. The van der Waals surface area contributed by atoms with Crippen LogP contribution in [0.4, 0.5) is 5.82 Å². The zero-order valence-corrected chi connectivity index (χ0v) is 12.8. The van der Waals surface area contributed by atoms with Gasteiger partial charge in [-0.3, -0.25) is 4.79 Å². The van der Waals surface area contributed by atoms with Gasteiger partial charge in [-0.1, -0.05) is 13.3 Å². The molecular weight excluding hydrogens is 286 g/mol. The minimum Gasteiger partial charge on any atom is -0.481 e. The third-order valence-electron chi connectivity index (χ3n) is 4.24. The smallest absolute Gasteiger partial charge is 0.306 e. The molecule has 3 rings (SSSR count). The molecule has 0 spiro atoms. The zero-order chi connectivity index (χ0) is 14.8. The second kappa shape index (κ2) is 5.97. The standard InChI is InChI=1S/C15H19N3O2S/c1-2-10-6-12-13(17-8-18-14(12)21-10)16-7-9-4-3-5-11(9)15(19)20/h6,8-9,11H,2-5,7H2,1H3,(H,19,20)(H,16,17,18). The van der Waals surface area contributed by atoms with E-state index in [4.69, 9.17) is 0 Å². The second-order valence-electron chi connectivity index (χ2n) is 5.52. The molecule has 0 saturated heterocycles. The van der Waals surface area contributed by atoms with Crippen LogP contribution in [0.1, 0.15) is 31.1 Å². The number of aliphatic carboxylic acids is 1. The number of thiophene rings is 1. The maximum atomic E-state index is 11.2. The van der Waals surface area contributed by atoms with Gasteiger partial charge < -0.3 is 10.4 Å². The van der Waals surface area contributed by atoms with E-state index in [-0.39, 0.29) is 11.8 Å². The Balaban J connectivity index is 1.76. The summed E-state index contributed by atoms with van der Waals surface area (Å²) in [5, 5.41) is 13.6. The number of nitrogens with one attached hydrogen (secondary N) is 1. The summed E-state index contributed by atoms with van der Waals surface area (Å²) in [6, 6.07) is 2.13. The van der Waals surface area contributed by atoms with Gasteiger partial charge in [-0.25, -0.2) is 9.97 Å². The molecule has 2 N–H and O–H groups in total. The van der Waals surface area contributed by atoms with E-state index in [9.17, 15) is 9.90 Å². The molecule has 1 fully saturated rings. The van der Waals surface area contributed by atoms with Crippen LogP contribution >= 0.6 is 11.3 Å². The van der Waals surface area contributed by atoms with E-state index in [0.717, 1.165) is 41.7 Å². The molecule has 6 heteroatoms. The lowest BCUT2D eigenvalue weighted by Gasteiger charge is -2.16. The van der Waals surface area contributed by atoms with Crippen molar-refractivity contribution in [3.63, 3.8) is 0 Å². The average Bonchev–Trinajstić information content (AvgIpc) is 3.11. The van der Waals surface area contributed by atoms with E-state index in [1.807, 2.05) is 0 Å². The first-order chi connectivity index (χ1) is 10.2. The number of nitrogens with zero attached hydrogens (tertiary/aromatic N) is 2. The molecule has 112 valence electrons. The summed E-state index contributed by atoms with van der Waals surface area (Å²) < 4.78 is 0. The Morgan fingerprint density at radius 2 is 2.33 bits per heavy atom. The van der Waals surface area contributed by atoms with Crippen molar-refractivity contribution in [2.45, 2.75) is 32.6 Å². The number of aryl methyl sites for hydroxylation is 1. The van der Waals surface area contributed by atoms with Gasteiger partial charge in [0.1, 0.15) is 17.0 Å². The first kappa shape index (κ1) is 14.3. The number of rotatable bonds is 5. The average molecular weight is 305 g/mol. The Labute approximate surface area is 127 Å². The van der Waals surface area contributed by atoms with Gasteiger partial charge in [0.2, 0.25) is 0 Å². The van der Waals surface area contributed by atoms with Crippen LogP contribution in [0.3, 0.4) is 0 Å². The topological polar surface area (TPSA) is 75.1 Å². The molecule has 1 aliphatic rings. The van der Waals surface area contributed by atoms with Crippen LogP contribution in [0, 0.1) is 11.8 Å². The van der Waals surface area contributed by atoms with Crippen LogP contribution < -0.4 is 5.32 Å². The lowest BCUT2D eigenvalue weighted by atomic mass is 9.96. The van der Waals surface area contributed by atoms with Crippen molar-refractivity contribution in [1.82, 2.24) is 9.97 Å². The molecule has 2 heterocycles.